The maximum Gasteiger partial charge on any atom is 0.0897 e. The zero-order chi connectivity index (χ0) is 6.97. The normalized spacial score (nSPS) is 22.1. The Morgan fingerprint density at radius 1 is 1.20 bits per heavy atom. The van der Waals surface area contributed by atoms with Crippen molar-refractivity contribution < 1.29 is 0 Å². The van der Waals surface area contributed by atoms with Crippen LogP contribution >= 0.6 is 0 Å². The number of nitrogens with zero attached hydrogens (tertiary/aromatic N) is 1. The van der Waals surface area contributed by atoms with Crippen LogP contribution in [0.5, 0.6) is 0 Å². The lowest BCUT2D eigenvalue weighted by molar-refractivity contribution is 1.15. The van der Waals surface area contributed by atoms with Crippen molar-refractivity contribution in [3.05, 3.63) is 35.9 Å². The van der Waals surface area contributed by atoms with Gasteiger partial charge in [0.25, 0.3) is 0 Å². The van der Waals surface area contributed by atoms with Crippen LogP contribution in [0, 0.1) is 0 Å². The lowest BCUT2D eigenvalue weighted by atomic mass is 10.1. The molecule has 1 atom stereocenters. The van der Waals surface area contributed by atoms with Gasteiger partial charge < -0.3 is 0 Å². The van der Waals surface area contributed by atoms with E-state index in [2.05, 4.69) is 24.0 Å². The molecule has 1 aliphatic rings. The van der Waals surface area contributed by atoms with Gasteiger partial charge in [-0.3, -0.25) is 4.99 Å². The van der Waals surface area contributed by atoms with Crippen molar-refractivity contribution >= 4 is 5.71 Å². The molecule has 0 spiro atoms. The van der Waals surface area contributed by atoms with Gasteiger partial charge in [-0.25, -0.2) is 0 Å². The first-order valence-electron chi connectivity index (χ1n) is 3.51. The zero-order valence-electron chi connectivity index (χ0n) is 5.91. The quantitative estimate of drug-likeness (QED) is 0.551. The van der Waals surface area contributed by atoms with Crippen LogP contribution in [0.15, 0.2) is 35.3 Å². The van der Waals surface area contributed by atoms with Crippen molar-refractivity contribution in [2.75, 3.05) is 0 Å². The second-order valence-electron chi connectivity index (χ2n) is 2.56. The minimum absolute atomic E-state index is 0.474. The predicted octanol–water partition coefficient (Wildman–Crippen LogP) is 1.88. The Labute approximate surface area is 60.4 Å². The molecule has 0 aliphatic carbocycles. The smallest absolute Gasteiger partial charge is 0.0897 e. The minimum Gasteiger partial charge on any atom is -0.277 e. The van der Waals surface area contributed by atoms with E-state index in [0.29, 0.717) is 6.04 Å². The largest absolute Gasteiger partial charge is 0.277 e. The third-order valence-corrected chi connectivity index (χ3v) is 1.73. The summed E-state index contributed by atoms with van der Waals surface area (Å²) in [6, 6.07) is 10.8. The molecule has 0 saturated carbocycles. The average molecular weight is 131 g/mol. The SMILES string of the molecule is C[C@@H]1N=C1c1ccccc1. The Bertz CT molecular complexity index is 261. The lowest BCUT2D eigenvalue weighted by Gasteiger charge is -1.89. The third-order valence-electron chi connectivity index (χ3n) is 1.73. The maximum absolute atomic E-state index is 4.24. The fourth-order valence-electron chi connectivity index (χ4n) is 1.10. The molecular formula is C9H9N. The van der Waals surface area contributed by atoms with Gasteiger partial charge in [0.2, 0.25) is 0 Å². The summed E-state index contributed by atoms with van der Waals surface area (Å²) in [5.74, 6) is 0. The van der Waals surface area contributed by atoms with Gasteiger partial charge in [0.15, 0.2) is 0 Å². The van der Waals surface area contributed by atoms with Gasteiger partial charge in [-0.1, -0.05) is 30.3 Å². The van der Waals surface area contributed by atoms with Crippen molar-refractivity contribution in [2.45, 2.75) is 13.0 Å². The number of hydrogen-bond donors (Lipinski definition) is 0. The molecule has 0 unspecified atom stereocenters. The number of aliphatic imine (C=N–C) groups is 1. The van der Waals surface area contributed by atoms with Crippen LogP contribution in [0.25, 0.3) is 0 Å². The molecule has 1 aliphatic heterocycles. The van der Waals surface area contributed by atoms with E-state index in [0.717, 1.165) is 0 Å². The Balaban J connectivity index is 2.29. The molecule has 0 fully saturated rings. The van der Waals surface area contributed by atoms with Crippen molar-refractivity contribution in [3.63, 3.8) is 0 Å². The van der Waals surface area contributed by atoms with Gasteiger partial charge in [0, 0.05) is 0 Å². The average Bonchev–Trinajstić information content (AvgIpc) is 2.69. The first-order valence-corrected chi connectivity index (χ1v) is 3.51. The molecule has 1 heterocycles. The van der Waals surface area contributed by atoms with Crippen LogP contribution in [0.3, 0.4) is 0 Å². The van der Waals surface area contributed by atoms with E-state index in [1.54, 1.807) is 0 Å². The van der Waals surface area contributed by atoms with Crippen LogP contribution in [0.2, 0.25) is 0 Å². The molecule has 1 heteroatoms. The fourth-order valence-corrected chi connectivity index (χ4v) is 1.10. The van der Waals surface area contributed by atoms with E-state index >= 15 is 0 Å². The molecule has 0 N–H and O–H groups in total. The second kappa shape index (κ2) is 1.94. The molecule has 10 heavy (non-hydrogen) atoms. The molecule has 1 nitrogen and oxygen atoms in total. The molecular weight excluding hydrogens is 122 g/mol. The van der Waals surface area contributed by atoms with E-state index in [1.165, 1.54) is 11.3 Å². The molecule has 50 valence electrons. The van der Waals surface area contributed by atoms with Gasteiger partial charge in [0.1, 0.15) is 0 Å². The standard InChI is InChI=1S/C9H9N/c1-7-9(10-7)8-5-3-2-4-6-8/h2-7H,1H3/t7-/m0/s1. The van der Waals surface area contributed by atoms with Gasteiger partial charge in [0.05, 0.1) is 11.8 Å². The number of rotatable bonds is 1. The van der Waals surface area contributed by atoms with E-state index in [9.17, 15) is 0 Å². The second-order valence-corrected chi connectivity index (χ2v) is 2.56. The Morgan fingerprint density at radius 3 is 2.30 bits per heavy atom. The molecule has 2 rings (SSSR count). The van der Waals surface area contributed by atoms with Gasteiger partial charge in [-0.2, -0.15) is 0 Å². The van der Waals surface area contributed by atoms with Crippen molar-refractivity contribution in [1.82, 2.24) is 0 Å². The van der Waals surface area contributed by atoms with Crippen LogP contribution in [0.1, 0.15) is 12.5 Å². The predicted molar refractivity (Wildman–Crippen MR) is 42.4 cm³/mol. The first kappa shape index (κ1) is 5.66. The van der Waals surface area contributed by atoms with E-state index in [-0.39, 0.29) is 0 Å². The summed E-state index contributed by atoms with van der Waals surface area (Å²) in [6.07, 6.45) is 0. The van der Waals surface area contributed by atoms with Gasteiger partial charge in [-0.15, -0.1) is 0 Å². The molecule has 0 aromatic heterocycles. The molecule has 0 saturated heterocycles. The first-order chi connectivity index (χ1) is 4.88. The molecule has 0 radical (unpaired) electrons. The summed E-state index contributed by atoms with van der Waals surface area (Å²) in [4.78, 5) is 4.24. The highest BCUT2D eigenvalue weighted by molar-refractivity contribution is 6.12. The van der Waals surface area contributed by atoms with Gasteiger partial charge in [-0.05, 0) is 12.5 Å². The molecule has 0 amide bonds. The fraction of sp³-hybridized carbons (Fsp3) is 0.222. The zero-order valence-corrected chi connectivity index (χ0v) is 5.91. The van der Waals surface area contributed by atoms with E-state index in [1.807, 2.05) is 18.2 Å². The summed E-state index contributed by atoms with van der Waals surface area (Å²) in [5.41, 5.74) is 2.52. The highest BCUT2D eigenvalue weighted by Crippen LogP contribution is 2.18. The topological polar surface area (TPSA) is 12.4 Å². The Kier molecular flexibility index (Phi) is 1.10. The third kappa shape index (κ3) is 0.838. The summed E-state index contributed by atoms with van der Waals surface area (Å²) in [7, 11) is 0. The van der Waals surface area contributed by atoms with Crippen LogP contribution < -0.4 is 0 Å². The summed E-state index contributed by atoms with van der Waals surface area (Å²) >= 11 is 0. The van der Waals surface area contributed by atoms with E-state index < -0.39 is 0 Å². The maximum atomic E-state index is 4.24. The minimum atomic E-state index is 0.474. The summed E-state index contributed by atoms with van der Waals surface area (Å²) in [6.45, 7) is 2.11. The van der Waals surface area contributed by atoms with Crippen molar-refractivity contribution in [1.29, 1.82) is 0 Å². The van der Waals surface area contributed by atoms with Crippen LogP contribution in [0.4, 0.5) is 0 Å². The summed E-state index contributed by atoms with van der Waals surface area (Å²) in [5, 5.41) is 0. The molecule has 1 aromatic rings. The monoisotopic (exact) mass is 131 g/mol. The Morgan fingerprint density at radius 2 is 1.80 bits per heavy atom. The van der Waals surface area contributed by atoms with Crippen molar-refractivity contribution in [2.24, 2.45) is 4.99 Å². The Hall–Kier alpha value is -1.11. The highest BCUT2D eigenvalue weighted by atomic mass is 15.0. The summed E-state index contributed by atoms with van der Waals surface area (Å²) < 4.78 is 0. The molecule has 0 bridgehead atoms. The lowest BCUT2D eigenvalue weighted by Crippen LogP contribution is -1.92. The van der Waals surface area contributed by atoms with E-state index in [4.69, 9.17) is 0 Å². The van der Waals surface area contributed by atoms with Gasteiger partial charge >= 0.3 is 0 Å². The number of benzene rings is 1. The van der Waals surface area contributed by atoms with Crippen molar-refractivity contribution in [3.8, 4) is 0 Å². The number of hydrogen-bond acceptors (Lipinski definition) is 1. The van der Waals surface area contributed by atoms with Crippen LogP contribution in [-0.4, -0.2) is 11.8 Å². The van der Waals surface area contributed by atoms with Crippen LogP contribution in [-0.2, 0) is 0 Å². The highest BCUT2D eigenvalue weighted by Gasteiger charge is 2.22. The molecule has 1 aromatic carbocycles.